The van der Waals surface area contributed by atoms with Gasteiger partial charge in [-0.2, -0.15) is 5.10 Å². The molecule has 1 aromatic carbocycles. The summed E-state index contributed by atoms with van der Waals surface area (Å²) in [6.07, 6.45) is 6.80. The Morgan fingerprint density at radius 1 is 1.09 bits per heavy atom. The number of hydrogen-bond acceptors (Lipinski definition) is 7. The second-order valence-electron chi connectivity index (χ2n) is 9.95. The van der Waals surface area contributed by atoms with Crippen molar-refractivity contribution in [2.45, 2.75) is 71.5 Å². The Hall–Kier alpha value is -3.26. The van der Waals surface area contributed by atoms with Crippen LogP contribution in [0.25, 0.3) is 22.4 Å². The zero-order valence-electron chi connectivity index (χ0n) is 21.3. The fraction of sp³-hybridized carbons (Fsp3) is 0.462. The molecule has 4 N–H and O–H groups in total. The monoisotopic (exact) mass is 463 g/mol. The van der Waals surface area contributed by atoms with E-state index in [2.05, 4.69) is 53.6 Å². The summed E-state index contributed by atoms with van der Waals surface area (Å²) in [7, 11) is 1.85. The van der Waals surface area contributed by atoms with E-state index >= 15 is 0 Å². The number of aromatic nitrogens is 4. The quantitative estimate of drug-likeness (QED) is 0.397. The molecule has 1 aliphatic rings. The number of rotatable bonds is 5. The van der Waals surface area contributed by atoms with Gasteiger partial charge in [0, 0.05) is 53.3 Å². The van der Waals surface area contributed by atoms with Crippen LogP contribution in [0.1, 0.15) is 59.9 Å². The first-order chi connectivity index (χ1) is 16.0. The number of anilines is 1. The van der Waals surface area contributed by atoms with Crippen LogP contribution in [0.15, 0.2) is 36.7 Å². The van der Waals surface area contributed by atoms with E-state index < -0.39 is 0 Å². The van der Waals surface area contributed by atoms with E-state index in [4.69, 9.17) is 5.41 Å². The summed E-state index contributed by atoms with van der Waals surface area (Å²) in [5.41, 5.74) is 3.53. The smallest absolute Gasteiger partial charge is 0.157 e. The molecule has 0 spiro atoms. The SMILES string of the molecule is CC.Cn1cc(-c2ccc(-c3cc(C=N)c(NC4CC(C)(C)NC(C)(C)C4)nn3)c(O)c2)cn1. The summed E-state index contributed by atoms with van der Waals surface area (Å²) in [5.74, 6) is 0.702. The summed E-state index contributed by atoms with van der Waals surface area (Å²) in [6.45, 7) is 12.8. The highest BCUT2D eigenvalue weighted by atomic mass is 16.3. The van der Waals surface area contributed by atoms with Crippen LogP contribution < -0.4 is 10.6 Å². The highest BCUT2D eigenvalue weighted by Crippen LogP contribution is 2.34. The van der Waals surface area contributed by atoms with E-state index in [1.54, 1.807) is 23.0 Å². The van der Waals surface area contributed by atoms with Gasteiger partial charge in [-0.3, -0.25) is 4.68 Å². The van der Waals surface area contributed by atoms with Gasteiger partial charge in [-0.15, -0.1) is 10.2 Å². The molecule has 0 aliphatic carbocycles. The van der Waals surface area contributed by atoms with Gasteiger partial charge in [-0.1, -0.05) is 19.9 Å². The minimum absolute atomic E-state index is 0.000558. The van der Waals surface area contributed by atoms with E-state index in [0.29, 0.717) is 22.6 Å². The van der Waals surface area contributed by atoms with Crippen molar-refractivity contribution in [1.82, 2.24) is 25.3 Å². The third-order valence-corrected chi connectivity index (χ3v) is 5.82. The molecule has 8 nitrogen and oxygen atoms in total. The topological polar surface area (TPSA) is 112 Å². The fourth-order valence-electron chi connectivity index (χ4n) is 4.88. The molecule has 2 aromatic heterocycles. The highest BCUT2D eigenvalue weighted by Gasteiger charge is 2.37. The van der Waals surface area contributed by atoms with Crippen molar-refractivity contribution in [2.75, 3.05) is 5.32 Å². The third-order valence-electron chi connectivity index (χ3n) is 5.82. The lowest BCUT2D eigenvalue weighted by Crippen LogP contribution is -2.60. The summed E-state index contributed by atoms with van der Waals surface area (Å²) < 4.78 is 1.72. The zero-order chi connectivity index (χ0) is 25.1. The summed E-state index contributed by atoms with van der Waals surface area (Å²) in [5, 5.41) is 38.6. The lowest BCUT2D eigenvalue weighted by Gasteiger charge is -2.46. The Morgan fingerprint density at radius 2 is 1.76 bits per heavy atom. The average Bonchev–Trinajstić information content (AvgIpc) is 3.19. The normalized spacial score (nSPS) is 16.9. The van der Waals surface area contributed by atoms with E-state index in [0.717, 1.165) is 24.0 Å². The third kappa shape index (κ3) is 5.80. The van der Waals surface area contributed by atoms with Crippen LogP contribution in [0.2, 0.25) is 0 Å². The van der Waals surface area contributed by atoms with E-state index in [1.165, 1.54) is 6.21 Å². The number of hydrogen-bond donors (Lipinski definition) is 4. The molecule has 0 amide bonds. The molecule has 0 atom stereocenters. The van der Waals surface area contributed by atoms with Gasteiger partial charge in [-0.05, 0) is 64.3 Å². The van der Waals surface area contributed by atoms with Crippen LogP contribution in [0.4, 0.5) is 5.82 Å². The molecule has 4 rings (SSSR count). The number of aryl methyl sites for hydroxylation is 1. The second kappa shape index (κ2) is 9.93. The molecular weight excluding hydrogens is 426 g/mol. The maximum Gasteiger partial charge on any atom is 0.157 e. The minimum Gasteiger partial charge on any atom is -0.507 e. The number of nitrogens with zero attached hydrogens (tertiary/aromatic N) is 4. The van der Waals surface area contributed by atoms with Gasteiger partial charge >= 0.3 is 0 Å². The van der Waals surface area contributed by atoms with Crippen molar-refractivity contribution < 1.29 is 5.11 Å². The predicted molar refractivity (Wildman–Crippen MR) is 139 cm³/mol. The molecule has 3 heterocycles. The van der Waals surface area contributed by atoms with Gasteiger partial charge in [0.05, 0.1) is 11.9 Å². The molecule has 0 unspecified atom stereocenters. The standard InChI is InChI=1S/C24H31N7O.C2H6/c1-23(2)10-18(11-24(3,4)30-23)27-22-16(12-25)8-20(28-29-22)19-7-6-15(9-21(19)32)17-13-26-31(5)14-17;1-2/h6-9,12-14,18,25,30,32H,10-11H2,1-5H3,(H,27,29);1-2H3. The van der Waals surface area contributed by atoms with Crippen LogP contribution in [-0.2, 0) is 7.05 Å². The molecule has 1 saturated heterocycles. The van der Waals surface area contributed by atoms with Crippen LogP contribution in [0.3, 0.4) is 0 Å². The van der Waals surface area contributed by atoms with Crippen LogP contribution in [0, 0.1) is 5.41 Å². The van der Waals surface area contributed by atoms with Crippen molar-refractivity contribution in [1.29, 1.82) is 5.41 Å². The summed E-state index contributed by atoms with van der Waals surface area (Å²) in [4.78, 5) is 0. The van der Waals surface area contributed by atoms with Gasteiger partial charge in [0.2, 0.25) is 0 Å². The van der Waals surface area contributed by atoms with E-state index in [1.807, 2.05) is 39.2 Å². The average molecular weight is 464 g/mol. The minimum atomic E-state index is -0.000558. The second-order valence-corrected chi connectivity index (χ2v) is 9.95. The molecule has 0 radical (unpaired) electrons. The molecule has 3 aromatic rings. The number of phenolic OH excluding ortho intramolecular Hbond substituents is 1. The van der Waals surface area contributed by atoms with E-state index in [9.17, 15) is 5.11 Å². The van der Waals surface area contributed by atoms with Crippen molar-refractivity contribution in [3.05, 3.63) is 42.2 Å². The first kappa shape index (κ1) is 25.4. The first-order valence-electron chi connectivity index (χ1n) is 11.8. The van der Waals surface area contributed by atoms with Crippen molar-refractivity contribution in [3.63, 3.8) is 0 Å². The van der Waals surface area contributed by atoms with Gasteiger partial charge < -0.3 is 21.1 Å². The predicted octanol–water partition coefficient (Wildman–Crippen LogP) is 4.99. The summed E-state index contributed by atoms with van der Waals surface area (Å²) in [6, 6.07) is 7.44. The largest absolute Gasteiger partial charge is 0.507 e. The number of benzene rings is 1. The number of nitrogens with one attached hydrogen (secondary N) is 3. The highest BCUT2D eigenvalue weighted by molar-refractivity contribution is 5.86. The Kier molecular flexibility index (Phi) is 7.41. The molecular formula is C26H37N7O. The maximum absolute atomic E-state index is 10.6. The Balaban J connectivity index is 0.00000158. The molecule has 34 heavy (non-hydrogen) atoms. The summed E-state index contributed by atoms with van der Waals surface area (Å²) >= 11 is 0. The van der Waals surface area contributed by atoms with Crippen LogP contribution >= 0.6 is 0 Å². The van der Waals surface area contributed by atoms with Gasteiger partial charge in [-0.25, -0.2) is 0 Å². The maximum atomic E-state index is 10.6. The molecule has 1 fully saturated rings. The Bertz CT molecular complexity index is 1130. The number of aromatic hydroxyl groups is 1. The number of phenols is 1. The molecule has 182 valence electrons. The van der Waals surface area contributed by atoms with Gasteiger partial charge in [0.1, 0.15) is 5.75 Å². The lowest BCUT2D eigenvalue weighted by molar-refractivity contribution is 0.170. The Morgan fingerprint density at radius 3 is 2.32 bits per heavy atom. The number of piperidine rings is 1. The molecule has 8 heteroatoms. The van der Waals surface area contributed by atoms with Crippen LogP contribution in [-0.4, -0.2) is 48.4 Å². The lowest BCUT2D eigenvalue weighted by atomic mass is 9.79. The Labute approximate surface area is 202 Å². The fourth-order valence-corrected chi connectivity index (χ4v) is 4.88. The first-order valence-corrected chi connectivity index (χ1v) is 11.8. The van der Waals surface area contributed by atoms with Gasteiger partial charge in [0.15, 0.2) is 5.82 Å². The molecule has 0 saturated carbocycles. The van der Waals surface area contributed by atoms with Crippen molar-refractivity contribution in [3.8, 4) is 28.1 Å². The molecule has 1 aliphatic heterocycles. The molecule has 0 bridgehead atoms. The van der Waals surface area contributed by atoms with Crippen molar-refractivity contribution >= 4 is 12.0 Å². The van der Waals surface area contributed by atoms with Crippen LogP contribution in [0.5, 0.6) is 5.75 Å². The zero-order valence-corrected chi connectivity index (χ0v) is 21.3. The van der Waals surface area contributed by atoms with Crippen molar-refractivity contribution in [2.24, 2.45) is 7.05 Å². The van der Waals surface area contributed by atoms with Gasteiger partial charge in [0.25, 0.3) is 0 Å². The van der Waals surface area contributed by atoms with E-state index in [-0.39, 0.29) is 22.9 Å².